The Morgan fingerprint density at radius 2 is 1.83 bits per heavy atom. The van der Waals surface area contributed by atoms with Gasteiger partial charge in [0.2, 0.25) is 0 Å². The third-order valence-corrected chi connectivity index (χ3v) is 7.70. The van der Waals surface area contributed by atoms with E-state index in [9.17, 15) is 23.5 Å². The van der Waals surface area contributed by atoms with Gasteiger partial charge in [-0.3, -0.25) is 9.78 Å². The lowest BCUT2D eigenvalue weighted by atomic mass is 9.81. The summed E-state index contributed by atoms with van der Waals surface area (Å²) in [7, 11) is 3.91. The number of carbonyl (C=O) groups is 2. The number of pyridine rings is 2. The first kappa shape index (κ1) is 31.6. The van der Waals surface area contributed by atoms with Gasteiger partial charge in [-0.2, -0.15) is 0 Å². The second kappa shape index (κ2) is 13.8. The average molecular weight is 622 g/mol. The molecule has 0 saturated heterocycles. The molecule has 1 aromatic carbocycles. The molecule has 0 radical (unpaired) electrons. The maximum Gasteiger partial charge on any atom is 0.329 e. The van der Waals surface area contributed by atoms with E-state index in [0.717, 1.165) is 25.5 Å². The summed E-state index contributed by atoms with van der Waals surface area (Å²) in [6.07, 6.45) is 1.95. The predicted octanol–water partition coefficient (Wildman–Crippen LogP) is 6.90. The van der Waals surface area contributed by atoms with Gasteiger partial charge in [-0.15, -0.1) is 0 Å². The van der Waals surface area contributed by atoms with Crippen LogP contribution in [0.15, 0.2) is 42.6 Å². The molecule has 1 aliphatic rings. The molecular weight excluding hydrogens is 589 g/mol. The van der Waals surface area contributed by atoms with Crippen LogP contribution >= 0.6 is 23.2 Å². The SMILES string of the molecule is CN(C)CCCOc1cc(-c2nc(C(=O)NC3(C(=O)O)CCCCC3)ccc2-c2ncc(Cl)cc2C(F)F)ccc1Cl. The highest BCUT2D eigenvalue weighted by molar-refractivity contribution is 6.32. The Balaban J connectivity index is 1.79. The minimum absolute atomic E-state index is 0.0471. The zero-order valence-corrected chi connectivity index (χ0v) is 24.8. The normalized spacial score (nSPS) is 14.7. The van der Waals surface area contributed by atoms with Gasteiger partial charge in [0.05, 0.1) is 28.0 Å². The van der Waals surface area contributed by atoms with Crippen molar-refractivity contribution in [2.75, 3.05) is 27.2 Å². The molecule has 0 unspecified atom stereocenters. The average Bonchev–Trinajstić information content (AvgIpc) is 2.96. The van der Waals surface area contributed by atoms with Gasteiger partial charge in [-0.1, -0.05) is 48.5 Å². The lowest BCUT2D eigenvalue weighted by Gasteiger charge is -2.33. The number of carbonyl (C=O) groups excluding carboxylic acids is 1. The summed E-state index contributed by atoms with van der Waals surface area (Å²) in [5.41, 5.74) is -1.09. The van der Waals surface area contributed by atoms with E-state index >= 15 is 0 Å². The number of hydrogen-bond donors (Lipinski definition) is 2. The van der Waals surface area contributed by atoms with Gasteiger partial charge in [-0.25, -0.2) is 18.6 Å². The van der Waals surface area contributed by atoms with E-state index in [1.54, 1.807) is 18.2 Å². The zero-order valence-electron chi connectivity index (χ0n) is 23.3. The molecule has 1 amide bonds. The number of rotatable bonds is 11. The van der Waals surface area contributed by atoms with Crippen molar-refractivity contribution in [1.29, 1.82) is 0 Å². The molecule has 224 valence electrons. The molecule has 0 spiro atoms. The van der Waals surface area contributed by atoms with Crippen molar-refractivity contribution in [3.05, 3.63) is 63.9 Å². The number of carboxylic acids is 1. The molecule has 4 rings (SSSR count). The minimum atomic E-state index is -2.88. The van der Waals surface area contributed by atoms with Crippen molar-refractivity contribution >= 4 is 35.1 Å². The van der Waals surface area contributed by atoms with E-state index < -0.39 is 29.4 Å². The predicted molar refractivity (Wildman–Crippen MR) is 157 cm³/mol. The maximum atomic E-state index is 14.1. The fraction of sp³-hybridized carbons (Fsp3) is 0.400. The van der Waals surface area contributed by atoms with Gasteiger partial charge in [0, 0.05) is 29.4 Å². The fourth-order valence-corrected chi connectivity index (χ4v) is 5.33. The van der Waals surface area contributed by atoms with Crippen molar-refractivity contribution in [3.63, 3.8) is 0 Å². The molecule has 12 heteroatoms. The van der Waals surface area contributed by atoms with Crippen LogP contribution in [0.2, 0.25) is 10.0 Å². The lowest BCUT2D eigenvalue weighted by molar-refractivity contribution is -0.145. The molecule has 1 aliphatic carbocycles. The summed E-state index contributed by atoms with van der Waals surface area (Å²) in [5, 5.41) is 13.0. The van der Waals surface area contributed by atoms with Crippen LogP contribution in [-0.4, -0.2) is 64.6 Å². The van der Waals surface area contributed by atoms with Crippen LogP contribution in [-0.2, 0) is 4.79 Å². The smallest absolute Gasteiger partial charge is 0.329 e. The van der Waals surface area contributed by atoms with Gasteiger partial charge in [0.1, 0.15) is 17.0 Å². The first-order chi connectivity index (χ1) is 20.0. The molecule has 0 atom stereocenters. The molecule has 8 nitrogen and oxygen atoms in total. The topological polar surface area (TPSA) is 105 Å². The van der Waals surface area contributed by atoms with E-state index in [4.69, 9.17) is 27.9 Å². The Bertz CT molecular complexity index is 1450. The van der Waals surface area contributed by atoms with E-state index in [0.29, 0.717) is 48.6 Å². The van der Waals surface area contributed by atoms with Gasteiger partial charge < -0.3 is 20.1 Å². The molecule has 0 aliphatic heterocycles. The Kier molecular flexibility index (Phi) is 10.3. The van der Waals surface area contributed by atoms with Crippen LogP contribution in [0, 0.1) is 0 Å². The van der Waals surface area contributed by atoms with E-state index in [1.165, 1.54) is 18.3 Å². The molecule has 0 bridgehead atoms. The van der Waals surface area contributed by atoms with Crippen molar-refractivity contribution in [3.8, 4) is 28.3 Å². The summed E-state index contributed by atoms with van der Waals surface area (Å²) in [6, 6.07) is 8.84. The van der Waals surface area contributed by atoms with Crippen molar-refractivity contribution in [2.45, 2.75) is 50.5 Å². The number of nitrogens with zero attached hydrogens (tertiary/aromatic N) is 3. The number of benzene rings is 1. The minimum Gasteiger partial charge on any atom is -0.492 e. The standard InChI is InChI=1S/C30H32Cl2F2N4O4/c1-38(2)13-6-14-42-24-15-18(7-9-22(24)32)25-20(26-21(27(33)34)16-19(31)17-35-26)8-10-23(36-25)28(39)37-30(29(40)41)11-4-3-5-12-30/h7-10,15-17,27H,3-6,11-14H2,1-2H3,(H,37,39)(H,40,41). The second-order valence-corrected chi connectivity index (χ2v) is 11.4. The Morgan fingerprint density at radius 3 is 2.50 bits per heavy atom. The van der Waals surface area contributed by atoms with Gasteiger partial charge in [0.15, 0.2) is 0 Å². The van der Waals surface area contributed by atoms with Gasteiger partial charge >= 0.3 is 5.97 Å². The highest BCUT2D eigenvalue weighted by atomic mass is 35.5. The number of carboxylic acid groups (broad SMARTS) is 1. The molecule has 1 saturated carbocycles. The van der Waals surface area contributed by atoms with Crippen LogP contribution in [0.5, 0.6) is 5.75 Å². The van der Waals surface area contributed by atoms with Gasteiger partial charge in [0.25, 0.3) is 12.3 Å². The number of aromatic nitrogens is 2. The third kappa shape index (κ3) is 7.35. The van der Waals surface area contributed by atoms with Crippen LogP contribution in [0.4, 0.5) is 8.78 Å². The van der Waals surface area contributed by atoms with E-state index in [-0.39, 0.29) is 27.7 Å². The zero-order chi connectivity index (χ0) is 30.4. The van der Waals surface area contributed by atoms with Crippen molar-refractivity contribution in [1.82, 2.24) is 20.2 Å². The summed E-state index contributed by atoms with van der Waals surface area (Å²) in [4.78, 5) is 36.3. The number of amides is 1. The van der Waals surface area contributed by atoms with E-state index in [2.05, 4.69) is 15.3 Å². The highest BCUT2D eigenvalue weighted by Crippen LogP contribution is 2.39. The maximum absolute atomic E-state index is 14.1. The van der Waals surface area contributed by atoms with Gasteiger partial charge in [-0.05, 0) is 63.7 Å². The number of ether oxygens (including phenoxy) is 1. The molecule has 2 N–H and O–H groups in total. The molecule has 42 heavy (non-hydrogen) atoms. The summed E-state index contributed by atoms with van der Waals surface area (Å²) in [6.45, 7) is 1.19. The Labute approximate surface area is 253 Å². The molecule has 2 aromatic heterocycles. The van der Waals surface area contributed by atoms with E-state index in [1.807, 2.05) is 19.0 Å². The number of halogens is 4. The van der Waals surface area contributed by atoms with Crippen LogP contribution in [0.25, 0.3) is 22.5 Å². The number of aliphatic carboxylic acids is 1. The monoisotopic (exact) mass is 620 g/mol. The summed E-state index contributed by atoms with van der Waals surface area (Å²) >= 11 is 12.4. The van der Waals surface area contributed by atoms with Crippen molar-refractivity contribution < 1.29 is 28.2 Å². The van der Waals surface area contributed by atoms with Crippen molar-refractivity contribution in [2.24, 2.45) is 0 Å². The molecule has 1 fully saturated rings. The Hall–Kier alpha value is -3.34. The first-order valence-corrected chi connectivity index (χ1v) is 14.3. The number of alkyl halides is 2. The first-order valence-electron chi connectivity index (χ1n) is 13.6. The Morgan fingerprint density at radius 1 is 1.10 bits per heavy atom. The van der Waals surface area contributed by atoms with Crippen LogP contribution in [0.3, 0.4) is 0 Å². The molecule has 3 aromatic rings. The third-order valence-electron chi connectivity index (χ3n) is 7.18. The van der Waals surface area contributed by atoms with Crippen LogP contribution in [0.1, 0.15) is 61.0 Å². The quantitative estimate of drug-likeness (QED) is 0.225. The molecule has 2 heterocycles. The second-order valence-electron chi connectivity index (χ2n) is 10.5. The summed E-state index contributed by atoms with van der Waals surface area (Å²) < 4.78 is 34.1. The van der Waals surface area contributed by atoms with Crippen LogP contribution < -0.4 is 10.1 Å². The highest BCUT2D eigenvalue weighted by Gasteiger charge is 2.41. The number of hydrogen-bond acceptors (Lipinski definition) is 6. The largest absolute Gasteiger partial charge is 0.492 e. The summed E-state index contributed by atoms with van der Waals surface area (Å²) in [5.74, 6) is -1.42. The lowest BCUT2D eigenvalue weighted by Crippen LogP contribution is -2.55. The molecular formula is C30H32Cl2F2N4O4. The fourth-order valence-electron chi connectivity index (χ4n) is 5.00. The number of nitrogens with one attached hydrogen (secondary N) is 1.